The number of rotatable bonds is 4. The van der Waals surface area contributed by atoms with Gasteiger partial charge in [-0.15, -0.1) is 0 Å². The first-order valence-electron chi connectivity index (χ1n) is 5.86. The predicted molar refractivity (Wildman–Crippen MR) is 64.5 cm³/mol. The maximum Gasteiger partial charge on any atom is 0.373 e. The molecule has 1 aliphatic heterocycles. The van der Waals surface area contributed by atoms with E-state index in [0.29, 0.717) is 25.3 Å². The van der Waals surface area contributed by atoms with Crippen LogP contribution >= 0.6 is 0 Å². The lowest BCUT2D eigenvalue weighted by atomic mass is 10.0. The number of ether oxygens (including phenoxy) is 1. The van der Waals surface area contributed by atoms with Crippen LogP contribution < -0.4 is 5.73 Å². The predicted octanol–water partition coefficient (Wildman–Crippen LogP) is 0.0540. The molecule has 0 amide bonds. The van der Waals surface area contributed by atoms with E-state index in [1.54, 1.807) is 6.07 Å². The van der Waals surface area contributed by atoms with Gasteiger partial charge in [0.15, 0.2) is 0 Å². The summed E-state index contributed by atoms with van der Waals surface area (Å²) in [5.74, 6) is -0.819. The van der Waals surface area contributed by atoms with E-state index in [2.05, 4.69) is 4.74 Å². The molecule has 7 nitrogen and oxygen atoms in total. The number of carboxylic acids is 1. The zero-order chi connectivity index (χ0) is 14.0. The highest BCUT2D eigenvalue weighted by Crippen LogP contribution is 2.21. The fourth-order valence-corrected chi connectivity index (χ4v) is 2.12. The number of methoxy groups -OCH3 is 1. The number of hydrogen-bond donors (Lipinski definition) is 2. The van der Waals surface area contributed by atoms with Crippen LogP contribution in [0.2, 0.25) is 0 Å². The Hall–Kier alpha value is -1.86. The van der Waals surface area contributed by atoms with Crippen LogP contribution in [0.25, 0.3) is 0 Å². The highest BCUT2D eigenvalue weighted by Gasteiger charge is 2.41. The minimum absolute atomic E-state index is 0.133. The Labute approximate surface area is 109 Å². The topological polar surface area (TPSA) is 106 Å². The van der Waals surface area contributed by atoms with Gasteiger partial charge in [-0.1, -0.05) is 0 Å². The highest BCUT2D eigenvalue weighted by molar-refractivity contribution is 5.86. The third-order valence-electron chi connectivity index (χ3n) is 3.23. The number of nitrogens with zero attached hydrogens (tertiary/aromatic N) is 1. The molecule has 3 N–H and O–H groups in total. The largest absolute Gasteiger partial charge is 0.480 e. The van der Waals surface area contributed by atoms with E-state index in [1.165, 1.54) is 13.2 Å². The number of aliphatic carboxylic acids is 1. The molecular weight excluding hydrogens is 252 g/mol. The second kappa shape index (κ2) is 5.02. The van der Waals surface area contributed by atoms with Crippen LogP contribution in [0.4, 0.5) is 0 Å². The van der Waals surface area contributed by atoms with Crippen molar-refractivity contribution < 1.29 is 23.8 Å². The first kappa shape index (κ1) is 13.6. The smallest absolute Gasteiger partial charge is 0.373 e. The van der Waals surface area contributed by atoms with Crippen molar-refractivity contribution in [3.05, 3.63) is 23.7 Å². The molecule has 0 saturated carbocycles. The zero-order valence-electron chi connectivity index (χ0n) is 10.6. The summed E-state index contributed by atoms with van der Waals surface area (Å²) in [5.41, 5.74) is 4.58. The first-order valence-corrected chi connectivity index (χ1v) is 5.86. The van der Waals surface area contributed by atoms with Gasteiger partial charge in [0.2, 0.25) is 5.76 Å². The summed E-state index contributed by atoms with van der Waals surface area (Å²) in [5, 5.41) is 9.03. The number of hydrogen-bond acceptors (Lipinski definition) is 6. The van der Waals surface area contributed by atoms with Gasteiger partial charge in [-0.3, -0.25) is 9.69 Å². The zero-order valence-corrected chi connectivity index (χ0v) is 10.6. The Morgan fingerprint density at radius 3 is 2.89 bits per heavy atom. The fraction of sp³-hybridized carbons (Fsp3) is 0.500. The minimum Gasteiger partial charge on any atom is -0.480 e. The van der Waals surface area contributed by atoms with Crippen molar-refractivity contribution in [2.75, 3.05) is 20.2 Å². The molecule has 1 atom stereocenters. The maximum absolute atomic E-state index is 11.2. The summed E-state index contributed by atoms with van der Waals surface area (Å²) in [6.45, 7) is 1.26. The summed E-state index contributed by atoms with van der Waals surface area (Å²) in [4.78, 5) is 24.1. The maximum atomic E-state index is 11.2. The van der Waals surface area contributed by atoms with Gasteiger partial charge < -0.3 is 20.0 Å². The third-order valence-corrected chi connectivity index (χ3v) is 3.23. The van der Waals surface area contributed by atoms with E-state index in [9.17, 15) is 9.59 Å². The monoisotopic (exact) mass is 268 g/mol. The molecule has 104 valence electrons. The molecule has 1 aromatic rings. The number of carbonyl (C=O) groups excluding carboxylic acids is 1. The van der Waals surface area contributed by atoms with E-state index in [-0.39, 0.29) is 12.3 Å². The summed E-state index contributed by atoms with van der Waals surface area (Å²) in [6, 6.07) is 3.20. The lowest BCUT2D eigenvalue weighted by molar-refractivity contribution is -0.142. The summed E-state index contributed by atoms with van der Waals surface area (Å²) < 4.78 is 9.86. The van der Waals surface area contributed by atoms with Crippen LogP contribution in [0.5, 0.6) is 0 Å². The quantitative estimate of drug-likeness (QED) is 0.743. The number of furan rings is 1. The van der Waals surface area contributed by atoms with Gasteiger partial charge in [-0.2, -0.15) is 0 Å². The number of carboxylic acid groups (broad SMARTS) is 1. The normalized spacial score (nSPS) is 23.5. The molecule has 1 aliphatic rings. The lowest BCUT2D eigenvalue weighted by Crippen LogP contribution is -2.49. The van der Waals surface area contributed by atoms with Gasteiger partial charge in [0.05, 0.1) is 13.7 Å². The van der Waals surface area contributed by atoms with E-state index in [1.807, 2.05) is 4.90 Å². The standard InChI is InChI=1S/C12H16N2O5/c1-18-10(15)9-3-2-8(19-9)6-14-5-4-12(13,7-14)11(16)17/h2-3H,4-7,13H2,1H3,(H,16,17). The van der Waals surface area contributed by atoms with Crippen LogP contribution in [0, 0.1) is 0 Å². The molecule has 1 saturated heterocycles. The highest BCUT2D eigenvalue weighted by atomic mass is 16.5. The summed E-state index contributed by atoms with van der Waals surface area (Å²) >= 11 is 0. The summed E-state index contributed by atoms with van der Waals surface area (Å²) in [6.07, 6.45) is 0.396. The van der Waals surface area contributed by atoms with Crippen molar-refractivity contribution >= 4 is 11.9 Å². The van der Waals surface area contributed by atoms with Crippen molar-refractivity contribution in [3.63, 3.8) is 0 Å². The molecule has 0 bridgehead atoms. The molecule has 0 aromatic carbocycles. The number of carbonyl (C=O) groups is 2. The number of likely N-dealkylation sites (tertiary alicyclic amines) is 1. The Morgan fingerprint density at radius 2 is 2.32 bits per heavy atom. The average Bonchev–Trinajstić information content (AvgIpc) is 2.97. The number of nitrogens with two attached hydrogens (primary N) is 1. The SMILES string of the molecule is COC(=O)c1ccc(CN2CCC(N)(C(=O)O)C2)o1. The number of esters is 1. The van der Waals surface area contributed by atoms with Crippen LogP contribution in [-0.4, -0.2) is 47.7 Å². The Balaban J connectivity index is 1.98. The van der Waals surface area contributed by atoms with Crippen molar-refractivity contribution in [1.29, 1.82) is 0 Å². The Morgan fingerprint density at radius 1 is 1.58 bits per heavy atom. The van der Waals surface area contributed by atoms with Gasteiger partial charge in [-0.25, -0.2) is 4.79 Å². The average molecular weight is 268 g/mol. The van der Waals surface area contributed by atoms with Gasteiger partial charge in [0.25, 0.3) is 0 Å². The second-order valence-electron chi connectivity index (χ2n) is 4.68. The van der Waals surface area contributed by atoms with E-state index in [4.69, 9.17) is 15.3 Å². The molecule has 0 spiro atoms. The minimum atomic E-state index is -1.20. The second-order valence-corrected chi connectivity index (χ2v) is 4.68. The Bertz CT molecular complexity index is 498. The first-order chi connectivity index (χ1) is 8.94. The molecule has 0 aliphatic carbocycles. The summed E-state index contributed by atoms with van der Waals surface area (Å²) in [7, 11) is 1.28. The molecule has 1 unspecified atom stereocenters. The molecule has 1 fully saturated rings. The molecule has 0 radical (unpaired) electrons. The Kier molecular flexibility index (Phi) is 3.59. The van der Waals surface area contributed by atoms with Gasteiger partial charge in [0, 0.05) is 13.1 Å². The van der Waals surface area contributed by atoms with Crippen molar-refractivity contribution in [3.8, 4) is 0 Å². The van der Waals surface area contributed by atoms with Gasteiger partial charge >= 0.3 is 11.9 Å². The van der Waals surface area contributed by atoms with E-state index in [0.717, 1.165) is 0 Å². The molecule has 7 heteroatoms. The van der Waals surface area contributed by atoms with Crippen LogP contribution in [0.3, 0.4) is 0 Å². The van der Waals surface area contributed by atoms with Crippen LogP contribution in [0.1, 0.15) is 22.7 Å². The van der Waals surface area contributed by atoms with Crippen LogP contribution in [-0.2, 0) is 16.1 Å². The molecule has 2 rings (SSSR count). The van der Waals surface area contributed by atoms with Crippen molar-refractivity contribution in [2.45, 2.75) is 18.5 Å². The molecule has 1 aromatic heterocycles. The van der Waals surface area contributed by atoms with Crippen molar-refractivity contribution in [1.82, 2.24) is 4.90 Å². The van der Waals surface area contributed by atoms with Gasteiger partial charge in [-0.05, 0) is 18.6 Å². The fourth-order valence-electron chi connectivity index (χ4n) is 2.12. The molecular formula is C12H16N2O5. The third kappa shape index (κ3) is 2.77. The van der Waals surface area contributed by atoms with Gasteiger partial charge in [0.1, 0.15) is 11.3 Å². The molecule has 19 heavy (non-hydrogen) atoms. The van der Waals surface area contributed by atoms with E-state index < -0.39 is 17.5 Å². The van der Waals surface area contributed by atoms with E-state index >= 15 is 0 Å². The van der Waals surface area contributed by atoms with Crippen LogP contribution in [0.15, 0.2) is 16.5 Å². The van der Waals surface area contributed by atoms with Crippen molar-refractivity contribution in [2.24, 2.45) is 5.73 Å². The lowest BCUT2D eigenvalue weighted by Gasteiger charge is -2.19. The molecule has 2 heterocycles.